The van der Waals surface area contributed by atoms with E-state index in [4.69, 9.17) is 9.88 Å². The predicted octanol–water partition coefficient (Wildman–Crippen LogP) is 2.25. The molecular weight excluding hydrogens is 444 g/mol. The third kappa shape index (κ3) is 3.46. The normalized spacial score (nSPS) is 14.3. The number of rotatable bonds is 5. The fraction of sp³-hybridized carbons (Fsp3) is 0.250. The van der Waals surface area contributed by atoms with Crippen molar-refractivity contribution in [2.45, 2.75) is 23.1 Å². The molecule has 0 aliphatic carbocycles. The number of sulfonamides is 2. The van der Waals surface area contributed by atoms with E-state index in [-0.39, 0.29) is 22.1 Å². The number of anilines is 1. The van der Waals surface area contributed by atoms with Gasteiger partial charge in [-0.3, -0.25) is 4.31 Å². The SMILES string of the molecule is CCOc1ccc(Br)cc1S(=O)(=O)N1CCc2cc(S(N)(=O)=O)ccc21. The zero-order valence-electron chi connectivity index (χ0n) is 13.8. The average Bonchev–Trinajstić information content (AvgIpc) is 2.99. The molecule has 7 nitrogen and oxygen atoms in total. The summed E-state index contributed by atoms with van der Waals surface area (Å²) in [5, 5.41) is 5.15. The summed E-state index contributed by atoms with van der Waals surface area (Å²) in [4.78, 5) is 0.0186. The lowest BCUT2D eigenvalue weighted by Gasteiger charge is -2.21. The van der Waals surface area contributed by atoms with E-state index in [1.165, 1.54) is 28.6 Å². The summed E-state index contributed by atoms with van der Waals surface area (Å²) in [7, 11) is -7.72. The molecule has 10 heteroatoms. The predicted molar refractivity (Wildman–Crippen MR) is 101 cm³/mol. The first kappa shape index (κ1) is 19.2. The lowest BCUT2D eigenvalue weighted by atomic mass is 10.2. The Hall–Kier alpha value is -1.62. The summed E-state index contributed by atoms with van der Waals surface area (Å²) in [6.07, 6.45) is 0.399. The number of hydrogen-bond donors (Lipinski definition) is 1. The number of benzene rings is 2. The monoisotopic (exact) mass is 460 g/mol. The van der Waals surface area contributed by atoms with Crippen LogP contribution < -0.4 is 14.2 Å². The molecule has 1 aliphatic heterocycles. The molecule has 0 unspecified atom stereocenters. The Labute approximate surface area is 161 Å². The molecule has 1 heterocycles. The van der Waals surface area contributed by atoms with E-state index in [9.17, 15) is 16.8 Å². The van der Waals surface area contributed by atoms with Gasteiger partial charge in [-0.05, 0) is 55.3 Å². The third-order valence-corrected chi connectivity index (χ3v) is 7.24. The first-order valence-corrected chi connectivity index (χ1v) is 11.5. The van der Waals surface area contributed by atoms with E-state index in [1.807, 2.05) is 0 Å². The van der Waals surface area contributed by atoms with E-state index >= 15 is 0 Å². The van der Waals surface area contributed by atoms with Crippen LogP contribution in [-0.2, 0) is 26.5 Å². The first-order chi connectivity index (χ1) is 12.1. The summed E-state index contributed by atoms with van der Waals surface area (Å²) in [5.74, 6) is 0.269. The number of nitrogens with zero attached hydrogens (tertiary/aromatic N) is 1. The molecule has 0 saturated carbocycles. The molecule has 2 N–H and O–H groups in total. The van der Waals surface area contributed by atoms with Crippen molar-refractivity contribution < 1.29 is 21.6 Å². The van der Waals surface area contributed by atoms with Crippen LogP contribution in [0.3, 0.4) is 0 Å². The standard InChI is InChI=1S/C16H17BrN2O5S2/c1-2-24-15-6-3-12(17)10-16(15)26(22,23)19-8-7-11-9-13(25(18,20)21)4-5-14(11)19/h3-6,9-10H,2,7-8H2,1H3,(H2,18,20,21). The molecule has 0 atom stereocenters. The molecule has 3 rings (SSSR count). The smallest absolute Gasteiger partial charge is 0.268 e. The highest BCUT2D eigenvalue weighted by molar-refractivity contribution is 9.10. The van der Waals surface area contributed by atoms with Gasteiger partial charge in [0.1, 0.15) is 10.6 Å². The van der Waals surface area contributed by atoms with Crippen molar-refractivity contribution in [1.82, 2.24) is 0 Å². The van der Waals surface area contributed by atoms with Crippen molar-refractivity contribution in [3.05, 3.63) is 46.4 Å². The maximum atomic E-state index is 13.2. The number of ether oxygens (including phenoxy) is 1. The number of nitrogens with two attached hydrogens (primary N) is 1. The molecule has 2 aromatic carbocycles. The fourth-order valence-electron chi connectivity index (χ4n) is 2.85. The Balaban J connectivity index is 2.08. The lowest BCUT2D eigenvalue weighted by Crippen LogP contribution is -2.29. The summed E-state index contributed by atoms with van der Waals surface area (Å²) in [6.45, 7) is 2.32. The van der Waals surface area contributed by atoms with Gasteiger partial charge in [-0.1, -0.05) is 15.9 Å². The van der Waals surface area contributed by atoms with E-state index < -0.39 is 20.0 Å². The summed E-state index contributed by atoms with van der Waals surface area (Å²) in [6, 6.07) is 9.01. The Morgan fingerprint density at radius 3 is 2.54 bits per heavy atom. The van der Waals surface area contributed by atoms with Crippen LogP contribution >= 0.6 is 15.9 Å². The highest BCUT2D eigenvalue weighted by Gasteiger charge is 2.33. The van der Waals surface area contributed by atoms with Crippen molar-refractivity contribution in [3.63, 3.8) is 0 Å². The van der Waals surface area contributed by atoms with Gasteiger partial charge in [0, 0.05) is 11.0 Å². The van der Waals surface area contributed by atoms with E-state index in [1.54, 1.807) is 19.1 Å². The van der Waals surface area contributed by atoms with Gasteiger partial charge in [0.25, 0.3) is 10.0 Å². The Morgan fingerprint density at radius 2 is 1.88 bits per heavy atom. The fourth-order valence-corrected chi connectivity index (χ4v) is 5.59. The third-order valence-electron chi connectivity index (χ3n) is 4.01. The maximum absolute atomic E-state index is 13.2. The van der Waals surface area contributed by atoms with Gasteiger partial charge in [0.05, 0.1) is 17.2 Å². The topological polar surface area (TPSA) is 107 Å². The first-order valence-electron chi connectivity index (χ1n) is 7.75. The van der Waals surface area contributed by atoms with Crippen molar-refractivity contribution in [2.24, 2.45) is 5.14 Å². The minimum atomic E-state index is -3.88. The zero-order chi connectivity index (χ0) is 19.1. The van der Waals surface area contributed by atoms with Gasteiger partial charge in [-0.2, -0.15) is 0 Å². The van der Waals surface area contributed by atoms with Gasteiger partial charge < -0.3 is 4.74 Å². The summed E-state index contributed by atoms with van der Waals surface area (Å²) >= 11 is 3.29. The minimum Gasteiger partial charge on any atom is -0.492 e. The van der Waals surface area contributed by atoms with E-state index in [0.29, 0.717) is 28.8 Å². The molecule has 0 spiro atoms. The second kappa shape index (κ2) is 6.84. The van der Waals surface area contributed by atoms with Crippen molar-refractivity contribution in [3.8, 4) is 5.75 Å². The molecular formula is C16H17BrN2O5S2. The Bertz CT molecular complexity index is 1070. The van der Waals surface area contributed by atoms with Crippen LogP contribution in [0.15, 0.2) is 50.7 Å². The molecule has 0 radical (unpaired) electrons. The highest BCUT2D eigenvalue weighted by Crippen LogP contribution is 2.37. The Kier molecular flexibility index (Phi) is 5.04. The molecule has 1 aliphatic rings. The Morgan fingerprint density at radius 1 is 1.15 bits per heavy atom. The van der Waals surface area contributed by atoms with Crippen LogP contribution in [0, 0.1) is 0 Å². The molecule has 2 aromatic rings. The van der Waals surface area contributed by atoms with Crippen LogP contribution in [0.25, 0.3) is 0 Å². The summed E-state index contributed by atoms with van der Waals surface area (Å²) in [5.41, 5.74) is 1.06. The van der Waals surface area contributed by atoms with Gasteiger partial charge >= 0.3 is 0 Å². The molecule has 26 heavy (non-hydrogen) atoms. The van der Waals surface area contributed by atoms with Crippen LogP contribution in [0.1, 0.15) is 12.5 Å². The van der Waals surface area contributed by atoms with Gasteiger partial charge in [-0.15, -0.1) is 0 Å². The quantitative estimate of drug-likeness (QED) is 0.735. The molecule has 0 amide bonds. The number of hydrogen-bond acceptors (Lipinski definition) is 5. The van der Waals surface area contributed by atoms with E-state index in [2.05, 4.69) is 15.9 Å². The molecule has 0 bridgehead atoms. The molecule has 0 fully saturated rings. The second-order valence-electron chi connectivity index (χ2n) is 5.69. The molecule has 140 valence electrons. The van der Waals surface area contributed by atoms with Crippen LogP contribution in [0.4, 0.5) is 5.69 Å². The molecule has 0 saturated heterocycles. The summed E-state index contributed by atoms with van der Waals surface area (Å²) < 4.78 is 56.8. The van der Waals surface area contributed by atoms with Gasteiger partial charge in [0.2, 0.25) is 10.0 Å². The van der Waals surface area contributed by atoms with Crippen molar-refractivity contribution in [1.29, 1.82) is 0 Å². The van der Waals surface area contributed by atoms with Gasteiger partial charge in [-0.25, -0.2) is 22.0 Å². The average molecular weight is 461 g/mol. The number of fused-ring (bicyclic) bond motifs is 1. The largest absolute Gasteiger partial charge is 0.492 e. The second-order valence-corrected chi connectivity index (χ2v) is 9.99. The van der Waals surface area contributed by atoms with Crippen molar-refractivity contribution in [2.75, 3.05) is 17.5 Å². The van der Waals surface area contributed by atoms with Crippen LogP contribution in [-0.4, -0.2) is 30.0 Å². The lowest BCUT2D eigenvalue weighted by molar-refractivity contribution is 0.331. The van der Waals surface area contributed by atoms with Crippen LogP contribution in [0.2, 0.25) is 0 Å². The minimum absolute atomic E-state index is 0.0343. The maximum Gasteiger partial charge on any atom is 0.268 e. The van der Waals surface area contributed by atoms with E-state index in [0.717, 1.165) is 0 Å². The van der Waals surface area contributed by atoms with Gasteiger partial charge in [0.15, 0.2) is 0 Å². The number of primary sulfonamides is 1. The van der Waals surface area contributed by atoms with Crippen molar-refractivity contribution >= 4 is 41.7 Å². The number of halogens is 1. The highest BCUT2D eigenvalue weighted by atomic mass is 79.9. The van der Waals surface area contributed by atoms with Crippen LogP contribution in [0.5, 0.6) is 5.75 Å². The zero-order valence-corrected chi connectivity index (χ0v) is 17.1. The molecule has 0 aromatic heterocycles.